The fourth-order valence-electron chi connectivity index (χ4n) is 0.841. The zero-order chi connectivity index (χ0) is 10.8. The summed E-state index contributed by atoms with van der Waals surface area (Å²) in [5.74, 6) is 4.89. The standard InChI is InChI=1S/C7H7F4N3/c8-6(7(9,10)11)4-2-1-3-5(13-4)14-12/h1-3,6H,12H2,(H,13,14). The Morgan fingerprint density at radius 2 is 2.00 bits per heavy atom. The smallest absolute Gasteiger partial charge is 0.308 e. The summed E-state index contributed by atoms with van der Waals surface area (Å²) < 4.78 is 48.4. The van der Waals surface area contributed by atoms with Gasteiger partial charge in [-0.2, -0.15) is 13.2 Å². The predicted molar refractivity (Wildman–Crippen MR) is 42.0 cm³/mol. The van der Waals surface area contributed by atoms with Gasteiger partial charge in [-0.15, -0.1) is 0 Å². The summed E-state index contributed by atoms with van der Waals surface area (Å²) in [5.41, 5.74) is 1.31. The first-order valence-electron chi connectivity index (χ1n) is 3.59. The summed E-state index contributed by atoms with van der Waals surface area (Å²) >= 11 is 0. The monoisotopic (exact) mass is 209 g/mol. The van der Waals surface area contributed by atoms with Crippen LogP contribution in [0.5, 0.6) is 0 Å². The van der Waals surface area contributed by atoms with Crippen LogP contribution in [0.15, 0.2) is 18.2 Å². The van der Waals surface area contributed by atoms with Crippen LogP contribution in [-0.2, 0) is 0 Å². The van der Waals surface area contributed by atoms with Gasteiger partial charge in [-0.3, -0.25) is 0 Å². The van der Waals surface area contributed by atoms with Gasteiger partial charge in [0, 0.05) is 0 Å². The normalized spacial score (nSPS) is 13.8. The van der Waals surface area contributed by atoms with E-state index in [4.69, 9.17) is 5.84 Å². The Balaban J connectivity index is 2.95. The van der Waals surface area contributed by atoms with E-state index >= 15 is 0 Å². The highest BCUT2D eigenvalue weighted by Crippen LogP contribution is 2.34. The van der Waals surface area contributed by atoms with Gasteiger partial charge in [0.15, 0.2) is 0 Å². The van der Waals surface area contributed by atoms with Crippen LogP contribution in [0.1, 0.15) is 11.9 Å². The van der Waals surface area contributed by atoms with Gasteiger partial charge in [0.05, 0.1) is 5.69 Å². The Bertz CT molecular complexity index is 312. The molecule has 3 nitrogen and oxygen atoms in total. The van der Waals surface area contributed by atoms with E-state index in [9.17, 15) is 17.6 Å². The molecule has 0 aliphatic carbocycles. The van der Waals surface area contributed by atoms with E-state index in [1.165, 1.54) is 12.1 Å². The van der Waals surface area contributed by atoms with Gasteiger partial charge in [-0.25, -0.2) is 15.2 Å². The number of hydrogen-bond donors (Lipinski definition) is 2. The number of anilines is 1. The molecule has 0 radical (unpaired) electrons. The van der Waals surface area contributed by atoms with Gasteiger partial charge in [0.25, 0.3) is 0 Å². The average Bonchev–Trinajstić information content (AvgIpc) is 2.15. The van der Waals surface area contributed by atoms with Crippen LogP contribution in [0.3, 0.4) is 0 Å². The number of aromatic nitrogens is 1. The number of nitrogens with one attached hydrogen (secondary N) is 1. The summed E-state index contributed by atoms with van der Waals surface area (Å²) in [5, 5.41) is 0. The Morgan fingerprint density at radius 3 is 2.50 bits per heavy atom. The van der Waals surface area contributed by atoms with Crippen LogP contribution in [0.4, 0.5) is 23.4 Å². The van der Waals surface area contributed by atoms with Crippen molar-refractivity contribution in [3.63, 3.8) is 0 Å². The number of alkyl halides is 4. The van der Waals surface area contributed by atoms with Crippen LogP contribution in [-0.4, -0.2) is 11.2 Å². The summed E-state index contributed by atoms with van der Waals surface area (Å²) in [7, 11) is 0. The van der Waals surface area contributed by atoms with E-state index in [1.807, 2.05) is 5.43 Å². The molecule has 0 spiro atoms. The summed E-state index contributed by atoms with van der Waals surface area (Å²) in [6.07, 6.45) is -8.03. The van der Waals surface area contributed by atoms with Gasteiger partial charge in [-0.1, -0.05) is 6.07 Å². The van der Waals surface area contributed by atoms with Crippen molar-refractivity contribution < 1.29 is 17.6 Å². The molecule has 14 heavy (non-hydrogen) atoms. The molecule has 1 rings (SSSR count). The molecule has 0 saturated heterocycles. The molecule has 0 aliphatic heterocycles. The van der Waals surface area contributed by atoms with Crippen molar-refractivity contribution in [2.75, 3.05) is 5.43 Å². The van der Waals surface area contributed by atoms with Crippen LogP contribution >= 0.6 is 0 Å². The third-order valence-electron chi connectivity index (χ3n) is 1.47. The molecular weight excluding hydrogens is 202 g/mol. The van der Waals surface area contributed by atoms with Crippen molar-refractivity contribution in [1.29, 1.82) is 0 Å². The number of halogens is 4. The van der Waals surface area contributed by atoms with E-state index < -0.39 is 18.0 Å². The van der Waals surface area contributed by atoms with Crippen LogP contribution < -0.4 is 11.3 Å². The van der Waals surface area contributed by atoms with Crippen LogP contribution in [0.25, 0.3) is 0 Å². The van der Waals surface area contributed by atoms with Crippen molar-refractivity contribution in [1.82, 2.24) is 4.98 Å². The largest absolute Gasteiger partial charge is 0.425 e. The lowest BCUT2D eigenvalue weighted by molar-refractivity contribution is -0.183. The Kier molecular flexibility index (Phi) is 2.90. The molecular formula is C7H7F4N3. The first-order valence-corrected chi connectivity index (χ1v) is 3.59. The van der Waals surface area contributed by atoms with Gasteiger partial charge in [-0.05, 0) is 12.1 Å². The number of nitrogen functional groups attached to an aromatic ring is 1. The Labute approximate surface area is 76.9 Å². The molecule has 1 aromatic heterocycles. The maximum Gasteiger partial charge on any atom is 0.425 e. The molecule has 1 atom stereocenters. The molecule has 0 amide bonds. The molecule has 1 unspecified atom stereocenters. The molecule has 1 aromatic rings. The van der Waals surface area contributed by atoms with E-state index in [-0.39, 0.29) is 5.82 Å². The van der Waals surface area contributed by atoms with Gasteiger partial charge < -0.3 is 5.43 Å². The minimum Gasteiger partial charge on any atom is -0.308 e. The summed E-state index contributed by atoms with van der Waals surface area (Å²) in [4.78, 5) is 3.33. The fourth-order valence-corrected chi connectivity index (χ4v) is 0.841. The first kappa shape index (κ1) is 10.7. The van der Waals surface area contributed by atoms with E-state index in [2.05, 4.69) is 4.98 Å². The lowest BCUT2D eigenvalue weighted by Gasteiger charge is -2.12. The summed E-state index contributed by atoms with van der Waals surface area (Å²) in [6, 6.07) is 3.50. The van der Waals surface area contributed by atoms with Gasteiger partial charge in [0.2, 0.25) is 6.17 Å². The van der Waals surface area contributed by atoms with Crippen LogP contribution in [0.2, 0.25) is 0 Å². The second-order valence-corrected chi connectivity index (χ2v) is 2.50. The van der Waals surface area contributed by atoms with Crippen molar-refractivity contribution >= 4 is 5.82 Å². The Morgan fingerprint density at radius 1 is 1.36 bits per heavy atom. The highest BCUT2D eigenvalue weighted by molar-refractivity contribution is 5.34. The van der Waals surface area contributed by atoms with Crippen molar-refractivity contribution in [3.05, 3.63) is 23.9 Å². The van der Waals surface area contributed by atoms with E-state index in [1.54, 1.807) is 0 Å². The minimum atomic E-state index is -4.94. The molecule has 0 aromatic carbocycles. The highest BCUT2D eigenvalue weighted by atomic mass is 19.4. The first-order chi connectivity index (χ1) is 6.45. The highest BCUT2D eigenvalue weighted by Gasteiger charge is 2.42. The third kappa shape index (κ3) is 2.32. The minimum absolute atomic E-state index is 0.0191. The molecule has 0 saturated carbocycles. The van der Waals surface area contributed by atoms with Crippen molar-refractivity contribution in [2.24, 2.45) is 5.84 Å². The molecule has 0 fully saturated rings. The van der Waals surface area contributed by atoms with Crippen molar-refractivity contribution in [3.8, 4) is 0 Å². The maximum atomic E-state index is 12.7. The number of nitrogens with two attached hydrogens (primary N) is 1. The lowest BCUT2D eigenvalue weighted by atomic mass is 10.2. The predicted octanol–water partition coefficient (Wildman–Crippen LogP) is 1.94. The average molecular weight is 209 g/mol. The maximum absolute atomic E-state index is 12.7. The van der Waals surface area contributed by atoms with Crippen molar-refractivity contribution in [2.45, 2.75) is 12.3 Å². The van der Waals surface area contributed by atoms with E-state index in [0.717, 1.165) is 6.07 Å². The molecule has 0 aliphatic rings. The molecule has 1 heterocycles. The molecule has 3 N–H and O–H groups in total. The topological polar surface area (TPSA) is 50.9 Å². The number of pyridine rings is 1. The zero-order valence-electron chi connectivity index (χ0n) is 6.85. The van der Waals surface area contributed by atoms with Gasteiger partial charge >= 0.3 is 6.18 Å². The number of hydrazine groups is 1. The van der Waals surface area contributed by atoms with E-state index in [0.29, 0.717) is 0 Å². The third-order valence-corrected chi connectivity index (χ3v) is 1.47. The lowest BCUT2D eigenvalue weighted by Crippen LogP contribution is -2.18. The number of nitrogens with zero attached hydrogens (tertiary/aromatic N) is 1. The zero-order valence-corrected chi connectivity index (χ0v) is 6.85. The molecule has 78 valence electrons. The molecule has 7 heteroatoms. The van der Waals surface area contributed by atoms with Crippen LogP contribution in [0, 0.1) is 0 Å². The van der Waals surface area contributed by atoms with Gasteiger partial charge in [0.1, 0.15) is 5.82 Å². The number of rotatable bonds is 2. The Hall–Kier alpha value is -1.37. The number of hydrogen-bond acceptors (Lipinski definition) is 3. The fraction of sp³-hybridized carbons (Fsp3) is 0.286. The quantitative estimate of drug-likeness (QED) is 0.444. The summed E-state index contributed by atoms with van der Waals surface area (Å²) in [6.45, 7) is 0. The molecule has 0 bridgehead atoms. The second-order valence-electron chi connectivity index (χ2n) is 2.50. The SMILES string of the molecule is NNc1cccc(C(F)C(F)(F)F)n1. The second kappa shape index (κ2) is 3.79.